The Morgan fingerprint density at radius 2 is 1.81 bits per heavy atom. The van der Waals surface area contributed by atoms with Crippen molar-refractivity contribution in [2.24, 2.45) is 5.41 Å². The Kier molecular flexibility index (Phi) is 5.14. The molecule has 2 N–H and O–H groups in total. The summed E-state index contributed by atoms with van der Waals surface area (Å²) in [6.45, 7) is 2.51. The molecule has 1 aliphatic heterocycles. The van der Waals surface area contributed by atoms with Gasteiger partial charge in [0.25, 0.3) is 0 Å². The Balaban J connectivity index is 1.31. The highest BCUT2D eigenvalue weighted by molar-refractivity contribution is 7.18. The van der Waals surface area contributed by atoms with Gasteiger partial charge in [0.05, 0.1) is 28.6 Å². The first-order valence-electron chi connectivity index (χ1n) is 10.7. The van der Waals surface area contributed by atoms with Gasteiger partial charge < -0.3 is 15.3 Å². The fraction of sp³-hybridized carbons (Fsp3) is 0.375. The van der Waals surface area contributed by atoms with Crippen LogP contribution in [0.5, 0.6) is 0 Å². The number of carboxylic acids is 1. The summed E-state index contributed by atoms with van der Waals surface area (Å²) in [7, 11) is 0. The normalized spacial score (nSPS) is 17.1. The molecule has 2 heterocycles. The van der Waals surface area contributed by atoms with Crippen LogP contribution in [0.15, 0.2) is 42.5 Å². The third-order valence-electron chi connectivity index (χ3n) is 6.44. The number of fused-ring (bicyclic) bond motifs is 2. The van der Waals surface area contributed by atoms with Crippen molar-refractivity contribution < 1.29 is 14.7 Å². The van der Waals surface area contributed by atoms with Gasteiger partial charge in [-0.25, -0.2) is 4.98 Å². The average molecular weight is 436 g/mol. The zero-order chi connectivity index (χ0) is 21.4. The molecule has 7 heteroatoms. The highest BCUT2D eigenvalue weighted by Crippen LogP contribution is 2.40. The number of hydrogen-bond acceptors (Lipinski definition) is 5. The molecule has 2 aliphatic rings. The number of amides is 1. The average Bonchev–Trinajstić information content (AvgIpc) is 3.48. The summed E-state index contributed by atoms with van der Waals surface area (Å²) in [4.78, 5) is 31.8. The smallest absolute Gasteiger partial charge is 0.304 e. The molecule has 3 aromatic rings. The van der Waals surface area contributed by atoms with E-state index in [-0.39, 0.29) is 12.3 Å². The first kappa shape index (κ1) is 20.0. The van der Waals surface area contributed by atoms with Crippen LogP contribution in [0.3, 0.4) is 0 Å². The molecule has 0 saturated carbocycles. The van der Waals surface area contributed by atoms with Gasteiger partial charge in [0.2, 0.25) is 5.91 Å². The number of nitrogens with zero attached hydrogens (tertiary/aromatic N) is 2. The molecular formula is C24H25N3O3S. The van der Waals surface area contributed by atoms with E-state index in [4.69, 9.17) is 0 Å². The number of carboxylic acid groups (broad SMARTS) is 1. The molecule has 0 atom stereocenters. The van der Waals surface area contributed by atoms with E-state index in [1.165, 1.54) is 18.5 Å². The van der Waals surface area contributed by atoms with E-state index in [0.29, 0.717) is 19.4 Å². The van der Waals surface area contributed by atoms with Crippen molar-refractivity contribution in [1.82, 2.24) is 10.3 Å². The molecule has 1 fully saturated rings. The predicted octanol–water partition coefficient (Wildman–Crippen LogP) is 3.77. The second-order valence-electron chi connectivity index (χ2n) is 8.61. The van der Waals surface area contributed by atoms with E-state index < -0.39 is 11.4 Å². The number of nitrogens with one attached hydrogen (secondary N) is 1. The lowest BCUT2D eigenvalue weighted by molar-refractivity contribution is -0.145. The minimum atomic E-state index is -0.947. The van der Waals surface area contributed by atoms with Gasteiger partial charge in [0, 0.05) is 18.8 Å². The third kappa shape index (κ3) is 3.90. The molecule has 0 unspecified atom stereocenters. The number of hydrogen-bond donors (Lipinski definition) is 2. The van der Waals surface area contributed by atoms with Gasteiger partial charge in [-0.3, -0.25) is 9.59 Å². The quantitative estimate of drug-likeness (QED) is 0.616. The zero-order valence-electron chi connectivity index (χ0n) is 17.3. The molecule has 5 rings (SSSR count). The van der Waals surface area contributed by atoms with Crippen LogP contribution in [0.4, 0.5) is 5.69 Å². The number of thiazole rings is 1. The monoisotopic (exact) mass is 435 g/mol. The molecule has 1 aromatic heterocycles. The number of carbonyl (C=O) groups excluding carboxylic acids is 1. The molecule has 1 saturated heterocycles. The highest BCUT2D eigenvalue weighted by Gasteiger charge is 2.45. The molecule has 1 amide bonds. The lowest BCUT2D eigenvalue weighted by atomic mass is 9.80. The van der Waals surface area contributed by atoms with E-state index in [1.54, 1.807) is 11.3 Å². The number of carbonyl (C=O) groups is 2. The van der Waals surface area contributed by atoms with Crippen molar-refractivity contribution in [2.45, 2.75) is 38.6 Å². The fourth-order valence-corrected chi connectivity index (χ4v) is 5.84. The number of aliphatic carboxylic acids is 1. The number of rotatable bonds is 6. The molecular weight excluding hydrogens is 410 g/mol. The maximum Gasteiger partial charge on any atom is 0.304 e. The summed E-state index contributed by atoms with van der Waals surface area (Å²) in [5.74, 6) is -1.15. The van der Waals surface area contributed by atoms with Gasteiger partial charge in [0.15, 0.2) is 0 Å². The predicted molar refractivity (Wildman–Crippen MR) is 121 cm³/mol. The van der Waals surface area contributed by atoms with Crippen LogP contribution in [0.25, 0.3) is 10.2 Å². The van der Waals surface area contributed by atoms with Gasteiger partial charge in [-0.05, 0) is 55.0 Å². The summed E-state index contributed by atoms with van der Waals surface area (Å²) in [6, 6.07) is 14.2. The summed E-state index contributed by atoms with van der Waals surface area (Å²) in [5.41, 5.74) is 3.36. The summed E-state index contributed by atoms with van der Waals surface area (Å²) < 4.78 is 1.11. The number of aromatic nitrogens is 1. The summed E-state index contributed by atoms with van der Waals surface area (Å²) in [6.07, 6.45) is 3.22. The zero-order valence-corrected chi connectivity index (χ0v) is 18.1. The summed E-state index contributed by atoms with van der Waals surface area (Å²) >= 11 is 1.59. The van der Waals surface area contributed by atoms with Crippen molar-refractivity contribution in [2.75, 3.05) is 18.0 Å². The number of anilines is 1. The molecule has 0 bridgehead atoms. The standard InChI is InChI=1S/C24H25N3O3S/c28-22(29)14-24(12-16-5-1-2-6-17(16)13-24)23(30)25-15-21-26-19-8-7-18(11-20(19)31-21)27-9-3-4-10-27/h1-2,5-8,11H,3-4,9-10,12-15H2,(H,25,30)(H,28,29). The van der Waals surface area contributed by atoms with Crippen LogP contribution >= 0.6 is 11.3 Å². The van der Waals surface area contributed by atoms with Gasteiger partial charge in [-0.15, -0.1) is 11.3 Å². The topological polar surface area (TPSA) is 82.5 Å². The highest BCUT2D eigenvalue weighted by atomic mass is 32.1. The van der Waals surface area contributed by atoms with Crippen molar-refractivity contribution >= 4 is 39.1 Å². The van der Waals surface area contributed by atoms with Gasteiger partial charge in [-0.1, -0.05) is 24.3 Å². The van der Waals surface area contributed by atoms with Crippen molar-refractivity contribution in [3.05, 3.63) is 58.6 Å². The molecule has 1 aliphatic carbocycles. The maximum atomic E-state index is 13.2. The van der Waals surface area contributed by atoms with Crippen molar-refractivity contribution in [3.8, 4) is 0 Å². The van der Waals surface area contributed by atoms with Gasteiger partial charge in [-0.2, -0.15) is 0 Å². The van der Waals surface area contributed by atoms with E-state index in [9.17, 15) is 14.7 Å². The minimum absolute atomic E-state index is 0.174. The van der Waals surface area contributed by atoms with Gasteiger partial charge in [0.1, 0.15) is 5.01 Å². The van der Waals surface area contributed by atoms with Gasteiger partial charge >= 0.3 is 5.97 Å². The van der Waals surface area contributed by atoms with Crippen LogP contribution in [0.1, 0.15) is 35.4 Å². The lowest BCUT2D eigenvalue weighted by Gasteiger charge is -2.25. The minimum Gasteiger partial charge on any atom is -0.481 e. The fourth-order valence-electron chi connectivity index (χ4n) is 4.90. The first-order valence-corrected chi connectivity index (χ1v) is 11.6. The molecule has 31 heavy (non-hydrogen) atoms. The SMILES string of the molecule is O=C(O)CC1(C(=O)NCc2nc3ccc(N4CCCC4)cc3s2)Cc2ccccc2C1. The van der Waals surface area contributed by atoms with Crippen LogP contribution in [-0.4, -0.2) is 35.1 Å². The lowest BCUT2D eigenvalue weighted by Crippen LogP contribution is -2.43. The van der Waals surface area contributed by atoms with Crippen LogP contribution in [0, 0.1) is 5.41 Å². The first-order chi connectivity index (χ1) is 15.0. The second-order valence-corrected chi connectivity index (χ2v) is 9.72. The van der Waals surface area contributed by atoms with E-state index >= 15 is 0 Å². The molecule has 2 aromatic carbocycles. The Labute approximate surface area is 184 Å². The number of benzene rings is 2. The maximum absolute atomic E-state index is 13.2. The van der Waals surface area contributed by atoms with Crippen molar-refractivity contribution in [1.29, 1.82) is 0 Å². The Bertz CT molecular complexity index is 1120. The van der Waals surface area contributed by atoms with Crippen LogP contribution in [0.2, 0.25) is 0 Å². The van der Waals surface area contributed by atoms with E-state index in [2.05, 4.69) is 27.3 Å². The molecule has 0 spiro atoms. The van der Waals surface area contributed by atoms with Crippen LogP contribution < -0.4 is 10.2 Å². The molecule has 6 nitrogen and oxygen atoms in total. The Hall–Kier alpha value is -2.93. The molecule has 160 valence electrons. The summed E-state index contributed by atoms with van der Waals surface area (Å²) in [5, 5.41) is 13.3. The Morgan fingerprint density at radius 3 is 2.48 bits per heavy atom. The van der Waals surface area contributed by atoms with E-state index in [0.717, 1.165) is 39.4 Å². The third-order valence-corrected chi connectivity index (χ3v) is 7.45. The van der Waals surface area contributed by atoms with E-state index in [1.807, 2.05) is 30.3 Å². The van der Waals surface area contributed by atoms with Crippen LogP contribution in [-0.2, 0) is 29.0 Å². The Morgan fingerprint density at radius 1 is 1.10 bits per heavy atom. The largest absolute Gasteiger partial charge is 0.481 e. The second kappa shape index (κ2) is 7.96. The van der Waals surface area contributed by atoms with Crippen molar-refractivity contribution in [3.63, 3.8) is 0 Å². The molecule has 0 radical (unpaired) electrons.